The Morgan fingerprint density at radius 1 is 1.13 bits per heavy atom. The van der Waals surface area contributed by atoms with E-state index in [2.05, 4.69) is 0 Å². The highest BCUT2D eigenvalue weighted by Crippen LogP contribution is 2.34. The van der Waals surface area contributed by atoms with Crippen LogP contribution in [0.2, 0.25) is 0 Å². The van der Waals surface area contributed by atoms with Crippen molar-refractivity contribution in [2.24, 2.45) is 0 Å². The van der Waals surface area contributed by atoms with Gasteiger partial charge in [-0.1, -0.05) is 37.1 Å². The summed E-state index contributed by atoms with van der Waals surface area (Å²) in [6, 6.07) is 7.30. The Morgan fingerprint density at radius 3 is 2.40 bits per heavy atom. The van der Waals surface area contributed by atoms with E-state index in [0.717, 1.165) is 31.1 Å². The molecule has 0 N–H and O–H groups in total. The van der Waals surface area contributed by atoms with E-state index >= 15 is 0 Å². The van der Waals surface area contributed by atoms with Crippen LogP contribution in [-0.2, 0) is 0 Å². The van der Waals surface area contributed by atoms with E-state index in [9.17, 15) is 9.18 Å². The summed E-state index contributed by atoms with van der Waals surface area (Å²) in [5, 5.41) is 0. The first-order valence-electron chi connectivity index (χ1n) is 5.50. The second kappa shape index (κ2) is 4.56. The quantitative estimate of drug-likeness (QED) is 0.677. The van der Waals surface area contributed by atoms with E-state index in [1.165, 1.54) is 0 Å². The molecule has 2 heteroatoms. The van der Waals surface area contributed by atoms with Crippen molar-refractivity contribution in [1.29, 1.82) is 0 Å². The van der Waals surface area contributed by atoms with Gasteiger partial charge in [0.1, 0.15) is 12.5 Å². The minimum absolute atomic E-state index is 0.0412. The van der Waals surface area contributed by atoms with Crippen LogP contribution in [0.3, 0.4) is 0 Å². The second-order valence-electron chi connectivity index (χ2n) is 4.19. The zero-order valence-corrected chi connectivity index (χ0v) is 8.66. The maximum atomic E-state index is 13.6. The zero-order valence-electron chi connectivity index (χ0n) is 8.66. The van der Waals surface area contributed by atoms with E-state index in [4.69, 9.17) is 0 Å². The Balaban J connectivity index is 2.16. The maximum absolute atomic E-state index is 13.6. The van der Waals surface area contributed by atoms with E-state index in [0.29, 0.717) is 12.0 Å². The smallest absolute Gasteiger partial charge is 0.150 e. The summed E-state index contributed by atoms with van der Waals surface area (Å²) >= 11 is 0. The second-order valence-corrected chi connectivity index (χ2v) is 4.19. The van der Waals surface area contributed by atoms with Crippen LogP contribution in [0.4, 0.5) is 4.39 Å². The summed E-state index contributed by atoms with van der Waals surface area (Å²) in [6.45, 7) is 0. The molecule has 0 radical (unpaired) electrons. The first-order valence-corrected chi connectivity index (χ1v) is 5.50. The lowest BCUT2D eigenvalue weighted by Gasteiger charge is -2.26. The number of benzene rings is 1. The Bertz CT molecular complexity index is 331. The fraction of sp³-hybridized carbons (Fsp3) is 0.462. The minimum atomic E-state index is -0.708. The van der Waals surface area contributed by atoms with Crippen molar-refractivity contribution in [3.63, 3.8) is 0 Å². The first-order chi connectivity index (χ1) is 7.31. The molecule has 1 nitrogen and oxygen atoms in total. The number of aldehydes is 1. The summed E-state index contributed by atoms with van der Waals surface area (Å²) in [4.78, 5) is 10.5. The number of carbonyl (C=O) groups excluding carboxylic acids is 1. The van der Waals surface area contributed by atoms with Crippen molar-refractivity contribution in [3.05, 3.63) is 35.4 Å². The van der Waals surface area contributed by atoms with Gasteiger partial charge in [-0.2, -0.15) is 0 Å². The third kappa shape index (κ3) is 2.25. The van der Waals surface area contributed by atoms with Crippen LogP contribution in [-0.4, -0.2) is 12.5 Å². The molecule has 1 aromatic carbocycles. The third-order valence-electron chi connectivity index (χ3n) is 3.18. The molecular weight excluding hydrogens is 191 g/mol. The predicted molar refractivity (Wildman–Crippen MR) is 57.9 cm³/mol. The lowest BCUT2D eigenvalue weighted by atomic mass is 9.82. The summed E-state index contributed by atoms with van der Waals surface area (Å²) < 4.78 is 13.6. The number of halogens is 1. The average Bonchev–Trinajstić information content (AvgIpc) is 2.30. The van der Waals surface area contributed by atoms with Gasteiger partial charge in [0, 0.05) is 11.5 Å². The van der Waals surface area contributed by atoms with Gasteiger partial charge in [0.05, 0.1) is 0 Å². The van der Waals surface area contributed by atoms with Crippen molar-refractivity contribution >= 4 is 6.29 Å². The molecule has 80 valence electrons. The molecule has 2 unspecified atom stereocenters. The van der Waals surface area contributed by atoms with Crippen LogP contribution in [0, 0.1) is 0 Å². The maximum Gasteiger partial charge on any atom is 0.150 e. The molecule has 0 saturated heterocycles. The molecular formula is C13H15FO. The van der Waals surface area contributed by atoms with Crippen molar-refractivity contribution in [3.8, 4) is 0 Å². The molecule has 1 fully saturated rings. The normalized spacial score (nSPS) is 26.2. The number of hydrogen-bond donors (Lipinski definition) is 0. The fourth-order valence-corrected chi connectivity index (χ4v) is 2.28. The number of rotatable bonds is 2. The molecule has 2 rings (SSSR count). The Labute approximate surface area is 89.3 Å². The van der Waals surface area contributed by atoms with E-state index in [-0.39, 0.29) is 5.92 Å². The highest BCUT2D eigenvalue weighted by molar-refractivity contribution is 5.74. The summed E-state index contributed by atoms with van der Waals surface area (Å²) in [5.74, 6) is 0.0412. The van der Waals surface area contributed by atoms with Crippen LogP contribution < -0.4 is 0 Å². The molecule has 0 aromatic heterocycles. The van der Waals surface area contributed by atoms with Crippen LogP contribution in [0.1, 0.15) is 47.5 Å². The molecule has 0 amide bonds. The van der Waals surface area contributed by atoms with Gasteiger partial charge in [0.2, 0.25) is 0 Å². The third-order valence-corrected chi connectivity index (χ3v) is 3.18. The topological polar surface area (TPSA) is 17.1 Å². The van der Waals surface area contributed by atoms with Gasteiger partial charge in [-0.15, -0.1) is 0 Å². The Hall–Kier alpha value is -1.18. The largest absolute Gasteiger partial charge is 0.298 e. The molecule has 15 heavy (non-hydrogen) atoms. The zero-order chi connectivity index (χ0) is 10.7. The van der Waals surface area contributed by atoms with Crippen molar-refractivity contribution < 1.29 is 9.18 Å². The fourth-order valence-electron chi connectivity index (χ4n) is 2.28. The molecule has 1 aromatic rings. The lowest BCUT2D eigenvalue weighted by molar-refractivity contribution is 0.112. The van der Waals surface area contributed by atoms with Gasteiger partial charge in [-0.3, -0.25) is 4.79 Å². The van der Waals surface area contributed by atoms with Crippen molar-refractivity contribution in [1.82, 2.24) is 0 Å². The first kappa shape index (κ1) is 10.3. The minimum Gasteiger partial charge on any atom is -0.298 e. The van der Waals surface area contributed by atoms with Gasteiger partial charge in [0.15, 0.2) is 0 Å². The van der Waals surface area contributed by atoms with Crippen LogP contribution in [0.15, 0.2) is 24.3 Å². The molecule has 1 saturated carbocycles. The molecule has 2 atom stereocenters. The Kier molecular flexibility index (Phi) is 3.14. The predicted octanol–water partition coefficient (Wildman–Crippen LogP) is 3.49. The van der Waals surface area contributed by atoms with Crippen LogP contribution in [0.5, 0.6) is 0 Å². The monoisotopic (exact) mass is 206 g/mol. The number of hydrogen-bond acceptors (Lipinski definition) is 1. The highest BCUT2D eigenvalue weighted by Gasteiger charge is 2.25. The number of carbonyl (C=O) groups is 1. The lowest BCUT2D eigenvalue weighted by Crippen LogP contribution is -2.18. The average molecular weight is 206 g/mol. The summed E-state index contributed by atoms with van der Waals surface area (Å²) in [6.07, 6.45) is 3.84. The molecule has 1 aliphatic rings. The standard InChI is InChI=1S/C13H15FO/c14-13-4-2-1-3-12(13)11-7-5-10(9-15)6-8-11/h5-9,12-13H,1-4H2. The van der Waals surface area contributed by atoms with E-state index in [1.807, 2.05) is 12.1 Å². The molecule has 0 bridgehead atoms. The van der Waals surface area contributed by atoms with Gasteiger partial charge >= 0.3 is 0 Å². The van der Waals surface area contributed by atoms with E-state index < -0.39 is 6.17 Å². The summed E-state index contributed by atoms with van der Waals surface area (Å²) in [5.41, 5.74) is 1.69. The number of alkyl halides is 1. The van der Waals surface area contributed by atoms with Gasteiger partial charge in [-0.25, -0.2) is 4.39 Å². The van der Waals surface area contributed by atoms with Crippen molar-refractivity contribution in [2.45, 2.75) is 37.8 Å². The van der Waals surface area contributed by atoms with Crippen molar-refractivity contribution in [2.75, 3.05) is 0 Å². The molecule has 0 aliphatic heterocycles. The van der Waals surface area contributed by atoms with E-state index in [1.54, 1.807) is 12.1 Å². The van der Waals surface area contributed by atoms with Crippen LogP contribution in [0.25, 0.3) is 0 Å². The molecule has 1 aliphatic carbocycles. The van der Waals surface area contributed by atoms with Crippen LogP contribution >= 0.6 is 0 Å². The van der Waals surface area contributed by atoms with Gasteiger partial charge in [0.25, 0.3) is 0 Å². The molecule has 0 spiro atoms. The highest BCUT2D eigenvalue weighted by atomic mass is 19.1. The van der Waals surface area contributed by atoms with Gasteiger partial charge in [-0.05, 0) is 18.4 Å². The van der Waals surface area contributed by atoms with Gasteiger partial charge < -0.3 is 0 Å². The molecule has 0 heterocycles. The SMILES string of the molecule is O=Cc1ccc(C2CCCCC2F)cc1. The summed E-state index contributed by atoms with van der Waals surface area (Å²) in [7, 11) is 0. The Morgan fingerprint density at radius 2 is 1.80 bits per heavy atom.